The first-order chi connectivity index (χ1) is 10.0. The molecular formula is C14H14N4O3. The number of carbonyl (C=O) groups excluding carboxylic acids is 1. The van der Waals surface area contributed by atoms with Crippen LogP contribution in [0.1, 0.15) is 15.9 Å². The molecule has 0 aliphatic heterocycles. The van der Waals surface area contributed by atoms with Gasteiger partial charge in [0.2, 0.25) is 0 Å². The van der Waals surface area contributed by atoms with Crippen molar-refractivity contribution in [1.29, 1.82) is 0 Å². The van der Waals surface area contributed by atoms with Gasteiger partial charge in [0.05, 0.1) is 4.92 Å². The molecule has 7 heteroatoms. The zero-order valence-corrected chi connectivity index (χ0v) is 11.6. The fourth-order valence-electron chi connectivity index (χ4n) is 1.84. The van der Waals surface area contributed by atoms with Gasteiger partial charge in [0.15, 0.2) is 0 Å². The van der Waals surface area contributed by atoms with Gasteiger partial charge in [-0.05, 0) is 30.7 Å². The normalized spacial score (nSPS) is 10.0. The van der Waals surface area contributed by atoms with Crippen LogP contribution in [-0.2, 0) is 0 Å². The standard InChI is InChI=1S/C14H14N4O3/c1-9-8-16-6-5-11(9)17-14(19)10-3-4-13(18(20)21)12(7-10)15-2/h3-8,15H,1-2H3,(H,16,17,19). The van der Waals surface area contributed by atoms with E-state index in [1.54, 1.807) is 25.5 Å². The van der Waals surface area contributed by atoms with Crippen molar-refractivity contribution in [2.45, 2.75) is 6.92 Å². The van der Waals surface area contributed by atoms with Crippen LogP contribution in [0.25, 0.3) is 0 Å². The lowest BCUT2D eigenvalue weighted by Gasteiger charge is -2.09. The van der Waals surface area contributed by atoms with Crippen molar-refractivity contribution < 1.29 is 9.72 Å². The molecule has 21 heavy (non-hydrogen) atoms. The average molecular weight is 286 g/mol. The second kappa shape index (κ2) is 6.00. The summed E-state index contributed by atoms with van der Waals surface area (Å²) in [6.07, 6.45) is 3.22. The molecule has 1 heterocycles. The molecule has 2 N–H and O–H groups in total. The van der Waals surface area contributed by atoms with Crippen molar-refractivity contribution in [2.24, 2.45) is 0 Å². The first kappa shape index (κ1) is 14.4. The minimum atomic E-state index is -0.499. The maximum absolute atomic E-state index is 12.2. The SMILES string of the molecule is CNc1cc(C(=O)Nc2ccncc2C)ccc1[N+](=O)[O-]. The van der Waals surface area contributed by atoms with Crippen LogP contribution in [-0.4, -0.2) is 22.9 Å². The van der Waals surface area contributed by atoms with Gasteiger partial charge in [0.1, 0.15) is 5.69 Å². The summed E-state index contributed by atoms with van der Waals surface area (Å²) in [6.45, 7) is 1.83. The quantitative estimate of drug-likeness (QED) is 0.665. The van der Waals surface area contributed by atoms with E-state index in [2.05, 4.69) is 15.6 Å². The highest BCUT2D eigenvalue weighted by Crippen LogP contribution is 2.25. The van der Waals surface area contributed by atoms with Crippen molar-refractivity contribution >= 4 is 23.0 Å². The number of amides is 1. The largest absolute Gasteiger partial charge is 0.383 e. The molecule has 0 aliphatic carbocycles. The Balaban J connectivity index is 2.28. The molecule has 0 unspecified atom stereocenters. The maximum Gasteiger partial charge on any atom is 0.292 e. The number of nitrogens with one attached hydrogen (secondary N) is 2. The Morgan fingerprint density at radius 2 is 2.05 bits per heavy atom. The van der Waals surface area contributed by atoms with Gasteiger partial charge in [0.25, 0.3) is 11.6 Å². The van der Waals surface area contributed by atoms with Crippen molar-refractivity contribution in [3.8, 4) is 0 Å². The summed E-state index contributed by atoms with van der Waals surface area (Å²) in [5.41, 5.74) is 2.04. The highest BCUT2D eigenvalue weighted by molar-refractivity contribution is 6.05. The molecule has 0 aliphatic rings. The van der Waals surface area contributed by atoms with E-state index < -0.39 is 4.92 Å². The Labute approximate surface area is 121 Å². The molecular weight excluding hydrogens is 272 g/mol. The van der Waals surface area contributed by atoms with Crippen molar-refractivity contribution in [3.05, 3.63) is 57.9 Å². The summed E-state index contributed by atoms with van der Waals surface area (Å²) in [4.78, 5) is 26.5. The Hall–Kier alpha value is -2.96. The molecule has 0 saturated carbocycles. The molecule has 108 valence electrons. The number of anilines is 2. The minimum Gasteiger partial charge on any atom is -0.383 e. The van der Waals surface area contributed by atoms with Crippen LogP contribution < -0.4 is 10.6 Å². The summed E-state index contributed by atoms with van der Waals surface area (Å²) in [7, 11) is 1.57. The zero-order valence-electron chi connectivity index (χ0n) is 11.6. The number of pyridine rings is 1. The van der Waals surface area contributed by atoms with E-state index in [0.29, 0.717) is 16.9 Å². The smallest absolute Gasteiger partial charge is 0.292 e. The third-order valence-corrected chi connectivity index (χ3v) is 2.99. The Morgan fingerprint density at radius 1 is 1.29 bits per heavy atom. The number of rotatable bonds is 4. The van der Waals surface area contributed by atoms with Crippen molar-refractivity contribution in [1.82, 2.24) is 4.98 Å². The molecule has 1 aromatic heterocycles. The number of aryl methyl sites for hydroxylation is 1. The maximum atomic E-state index is 12.2. The second-order valence-electron chi connectivity index (χ2n) is 4.38. The fourth-order valence-corrected chi connectivity index (χ4v) is 1.84. The van der Waals surface area contributed by atoms with E-state index in [1.807, 2.05) is 6.92 Å². The van der Waals surface area contributed by atoms with E-state index in [-0.39, 0.29) is 11.6 Å². The van der Waals surface area contributed by atoms with Crippen LogP contribution in [0.2, 0.25) is 0 Å². The second-order valence-corrected chi connectivity index (χ2v) is 4.38. The lowest BCUT2D eigenvalue weighted by Crippen LogP contribution is -2.13. The highest BCUT2D eigenvalue weighted by Gasteiger charge is 2.16. The number of nitro groups is 1. The van der Waals surface area contributed by atoms with E-state index in [1.165, 1.54) is 18.2 Å². The van der Waals surface area contributed by atoms with Gasteiger partial charge in [-0.25, -0.2) is 0 Å². The fraction of sp³-hybridized carbons (Fsp3) is 0.143. The lowest BCUT2D eigenvalue weighted by molar-refractivity contribution is -0.383. The molecule has 0 atom stereocenters. The van der Waals surface area contributed by atoms with Gasteiger partial charge in [0, 0.05) is 36.8 Å². The first-order valence-electron chi connectivity index (χ1n) is 6.21. The number of hydrogen-bond acceptors (Lipinski definition) is 5. The van der Waals surface area contributed by atoms with Gasteiger partial charge < -0.3 is 10.6 Å². The molecule has 1 aromatic carbocycles. The Morgan fingerprint density at radius 3 is 2.67 bits per heavy atom. The van der Waals surface area contributed by atoms with Crippen LogP contribution >= 0.6 is 0 Å². The van der Waals surface area contributed by atoms with Gasteiger partial charge in [-0.15, -0.1) is 0 Å². The number of hydrogen-bond donors (Lipinski definition) is 2. The van der Waals surface area contributed by atoms with E-state index in [9.17, 15) is 14.9 Å². The topological polar surface area (TPSA) is 97.2 Å². The summed E-state index contributed by atoms with van der Waals surface area (Å²) in [6, 6.07) is 5.87. The molecule has 2 rings (SSSR count). The number of aromatic nitrogens is 1. The van der Waals surface area contributed by atoms with E-state index in [4.69, 9.17) is 0 Å². The Bertz CT molecular complexity index is 700. The molecule has 7 nitrogen and oxygen atoms in total. The van der Waals surface area contributed by atoms with Gasteiger partial charge >= 0.3 is 0 Å². The van der Waals surface area contributed by atoms with Gasteiger partial charge in [-0.2, -0.15) is 0 Å². The molecule has 0 bridgehead atoms. The molecule has 1 amide bonds. The van der Waals surface area contributed by atoms with Crippen LogP contribution in [0.3, 0.4) is 0 Å². The lowest BCUT2D eigenvalue weighted by atomic mass is 10.1. The number of nitrogens with zero attached hydrogens (tertiary/aromatic N) is 2. The highest BCUT2D eigenvalue weighted by atomic mass is 16.6. The zero-order chi connectivity index (χ0) is 15.4. The van der Waals surface area contributed by atoms with E-state index >= 15 is 0 Å². The average Bonchev–Trinajstić information content (AvgIpc) is 2.48. The summed E-state index contributed by atoms with van der Waals surface area (Å²) >= 11 is 0. The van der Waals surface area contributed by atoms with Crippen molar-refractivity contribution in [2.75, 3.05) is 17.7 Å². The number of benzene rings is 1. The van der Waals surface area contributed by atoms with Crippen molar-refractivity contribution in [3.63, 3.8) is 0 Å². The van der Waals surface area contributed by atoms with E-state index in [0.717, 1.165) is 5.56 Å². The number of nitro benzene ring substituents is 1. The first-order valence-corrected chi connectivity index (χ1v) is 6.21. The molecule has 0 fully saturated rings. The molecule has 0 spiro atoms. The summed E-state index contributed by atoms with van der Waals surface area (Å²) in [5.74, 6) is -0.337. The predicted octanol–water partition coefficient (Wildman–Crippen LogP) is 2.59. The molecule has 0 saturated heterocycles. The van der Waals surface area contributed by atoms with Gasteiger partial charge in [-0.1, -0.05) is 0 Å². The van der Waals surface area contributed by atoms with Crippen LogP contribution in [0, 0.1) is 17.0 Å². The summed E-state index contributed by atoms with van der Waals surface area (Å²) in [5, 5.41) is 16.3. The summed E-state index contributed by atoms with van der Waals surface area (Å²) < 4.78 is 0. The molecule has 0 radical (unpaired) electrons. The van der Waals surface area contributed by atoms with Gasteiger partial charge in [-0.3, -0.25) is 19.9 Å². The Kier molecular flexibility index (Phi) is 4.13. The van der Waals surface area contributed by atoms with Crippen LogP contribution in [0.15, 0.2) is 36.7 Å². The minimum absolute atomic E-state index is 0.0749. The number of carbonyl (C=O) groups is 1. The van der Waals surface area contributed by atoms with Crippen LogP contribution in [0.4, 0.5) is 17.1 Å². The third-order valence-electron chi connectivity index (χ3n) is 2.99. The third kappa shape index (κ3) is 3.14. The predicted molar refractivity (Wildman–Crippen MR) is 79.6 cm³/mol. The van der Waals surface area contributed by atoms with Crippen LogP contribution in [0.5, 0.6) is 0 Å². The monoisotopic (exact) mass is 286 g/mol. The molecule has 2 aromatic rings.